The van der Waals surface area contributed by atoms with Crippen LogP contribution >= 0.6 is 0 Å². The number of carbonyl (C=O) groups excluding carboxylic acids is 1. The minimum atomic E-state index is -0.0857. The highest BCUT2D eigenvalue weighted by Crippen LogP contribution is 2.15. The number of hydrogen-bond donors (Lipinski definition) is 1. The first kappa shape index (κ1) is 10.9. The third-order valence-corrected chi connectivity index (χ3v) is 2.36. The summed E-state index contributed by atoms with van der Waals surface area (Å²) in [7, 11) is 0. The lowest BCUT2D eigenvalue weighted by molar-refractivity contribution is 0.0892. The molecule has 0 spiro atoms. The molecule has 0 saturated heterocycles. The predicted molar refractivity (Wildman–Crippen MR) is 55.9 cm³/mol. The van der Waals surface area contributed by atoms with E-state index in [0.29, 0.717) is 12.1 Å². The molecule has 1 heterocycles. The molecular weight excluding hydrogens is 176 g/mol. The maximum Gasteiger partial charge on any atom is 0.167 e. The van der Waals surface area contributed by atoms with Crippen molar-refractivity contribution in [2.75, 3.05) is 6.54 Å². The number of Topliss-reactive ketones (excluding diaryl/α,β-unsaturated/α-hetero) is 1. The van der Waals surface area contributed by atoms with Gasteiger partial charge in [-0.05, 0) is 18.1 Å². The van der Waals surface area contributed by atoms with Gasteiger partial charge in [-0.1, -0.05) is 13.8 Å². The van der Waals surface area contributed by atoms with Crippen molar-refractivity contribution in [3.8, 4) is 0 Å². The molecule has 3 heteroatoms. The SMILES string of the molecule is CC(C)C(CN)C(=O)c1ccncc1. The van der Waals surface area contributed by atoms with Gasteiger partial charge in [-0.3, -0.25) is 9.78 Å². The lowest BCUT2D eigenvalue weighted by atomic mass is 9.88. The molecule has 0 aliphatic rings. The molecule has 0 radical (unpaired) electrons. The molecule has 1 aromatic rings. The molecule has 1 aromatic heterocycles. The summed E-state index contributed by atoms with van der Waals surface area (Å²) in [6.07, 6.45) is 3.25. The highest BCUT2D eigenvalue weighted by Gasteiger charge is 2.21. The van der Waals surface area contributed by atoms with Gasteiger partial charge in [-0.15, -0.1) is 0 Å². The Balaban J connectivity index is 2.84. The Kier molecular flexibility index (Phi) is 3.77. The van der Waals surface area contributed by atoms with Gasteiger partial charge in [0.15, 0.2) is 5.78 Å². The van der Waals surface area contributed by atoms with Gasteiger partial charge in [0.2, 0.25) is 0 Å². The number of nitrogens with two attached hydrogens (primary N) is 1. The number of rotatable bonds is 4. The molecule has 3 nitrogen and oxygen atoms in total. The lowest BCUT2D eigenvalue weighted by Gasteiger charge is -2.17. The fourth-order valence-electron chi connectivity index (χ4n) is 1.41. The minimum Gasteiger partial charge on any atom is -0.330 e. The quantitative estimate of drug-likeness (QED) is 0.735. The van der Waals surface area contributed by atoms with E-state index < -0.39 is 0 Å². The van der Waals surface area contributed by atoms with Crippen LogP contribution in [0.15, 0.2) is 24.5 Å². The second-order valence-corrected chi connectivity index (χ2v) is 3.69. The number of pyridine rings is 1. The van der Waals surface area contributed by atoms with E-state index >= 15 is 0 Å². The number of aromatic nitrogens is 1. The van der Waals surface area contributed by atoms with Gasteiger partial charge in [-0.2, -0.15) is 0 Å². The normalized spacial score (nSPS) is 12.9. The summed E-state index contributed by atoms with van der Waals surface area (Å²) in [5.41, 5.74) is 6.27. The first-order chi connectivity index (χ1) is 6.66. The topological polar surface area (TPSA) is 56.0 Å². The Hall–Kier alpha value is -1.22. The Labute approximate surface area is 84.3 Å². The Morgan fingerprint density at radius 1 is 1.43 bits per heavy atom. The fourth-order valence-corrected chi connectivity index (χ4v) is 1.41. The molecule has 76 valence electrons. The number of ketones is 1. The average Bonchev–Trinajstić information content (AvgIpc) is 2.19. The zero-order chi connectivity index (χ0) is 10.6. The van der Waals surface area contributed by atoms with E-state index in [9.17, 15) is 4.79 Å². The van der Waals surface area contributed by atoms with Crippen LogP contribution in [0.2, 0.25) is 0 Å². The number of carbonyl (C=O) groups is 1. The van der Waals surface area contributed by atoms with E-state index in [2.05, 4.69) is 4.98 Å². The molecule has 0 saturated carbocycles. The third-order valence-electron chi connectivity index (χ3n) is 2.36. The van der Waals surface area contributed by atoms with Gasteiger partial charge >= 0.3 is 0 Å². The molecule has 0 fully saturated rings. The largest absolute Gasteiger partial charge is 0.330 e. The average molecular weight is 192 g/mol. The van der Waals surface area contributed by atoms with Crippen molar-refractivity contribution in [3.63, 3.8) is 0 Å². The van der Waals surface area contributed by atoms with Crippen LogP contribution in [0.25, 0.3) is 0 Å². The summed E-state index contributed by atoms with van der Waals surface area (Å²) in [5.74, 6) is 0.308. The smallest absolute Gasteiger partial charge is 0.167 e. The van der Waals surface area contributed by atoms with E-state index in [1.807, 2.05) is 13.8 Å². The number of hydrogen-bond acceptors (Lipinski definition) is 3. The van der Waals surface area contributed by atoms with Crippen molar-refractivity contribution in [3.05, 3.63) is 30.1 Å². The van der Waals surface area contributed by atoms with Crippen molar-refractivity contribution in [1.29, 1.82) is 0 Å². The summed E-state index contributed by atoms with van der Waals surface area (Å²) in [6.45, 7) is 4.42. The summed E-state index contributed by atoms with van der Waals surface area (Å²) in [6, 6.07) is 3.46. The maximum absolute atomic E-state index is 11.9. The highest BCUT2D eigenvalue weighted by molar-refractivity contribution is 5.97. The number of nitrogens with zero attached hydrogens (tertiary/aromatic N) is 1. The van der Waals surface area contributed by atoms with E-state index in [0.717, 1.165) is 0 Å². The van der Waals surface area contributed by atoms with Crippen molar-refractivity contribution < 1.29 is 4.79 Å². The van der Waals surface area contributed by atoms with Crippen molar-refractivity contribution in [1.82, 2.24) is 4.98 Å². The van der Waals surface area contributed by atoms with Gasteiger partial charge in [-0.25, -0.2) is 0 Å². The molecule has 1 rings (SSSR count). The molecule has 0 amide bonds. The molecule has 0 aliphatic carbocycles. The van der Waals surface area contributed by atoms with Crippen LogP contribution in [0.3, 0.4) is 0 Å². The van der Waals surface area contributed by atoms with Crippen LogP contribution in [0, 0.1) is 11.8 Å². The van der Waals surface area contributed by atoms with E-state index in [1.165, 1.54) is 0 Å². The highest BCUT2D eigenvalue weighted by atomic mass is 16.1. The zero-order valence-corrected chi connectivity index (χ0v) is 8.60. The van der Waals surface area contributed by atoms with Crippen LogP contribution in [-0.4, -0.2) is 17.3 Å². The molecule has 1 unspecified atom stereocenters. The summed E-state index contributed by atoms with van der Waals surface area (Å²) in [4.78, 5) is 15.8. The fraction of sp³-hybridized carbons (Fsp3) is 0.455. The van der Waals surface area contributed by atoms with Crippen LogP contribution < -0.4 is 5.73 Å². The third kappa shape index (κ3) is 2.39. The van der Waals surface area contributed by atoms with Crippen LogP contribution in [-0.2, 0) is 0 Å². The first-order valence-electron chi connectivity index (χ1n) is 4.81. The lowest BCUT2D eigenvalue weighted by Crippen LogP contribution is -2.28. The van der Waals surface area contributed by atoms with Crippen LogP contribution in [0.1, 0.15) is 24.2 Å². The molecule has 14 heavy (non-hydrogen) atoms. The Morgan fingerprint density at radius 2 is 2.00 bits per heavy atom. The van der Waals surface area contributed by atoms with Gasteiger partial charge in [0.1, 0.15) is 0 Å². The summed E-state index contributed by atoms with van der Waals surface area (Å²) in [5, 5.41) is 0. The maximum atomic E-state index is 11.9. The van der Waals surface area contributed by atoms with Gasteiger partial charge in [0, 0.05) is 30.4 Å². The van der Waals surface area contributed by atoms with E-state index in [1.54, 1.807) is 24.5 Å². The molecule has 0 aromatic carbocycles. The molecule has 0 bridgehead atoms. The Morgan fingerprint density at radius 3 is 2.43 bits per heavy atom. The molecule has 0 aliphatic heterocycles. The second kappa shape index (κ2) is 4.86. The minimum absolute atomic E-state index is 0.0857. The van der Waals surface area contributed by atoms with E-state index in [4.69, 9.17) is 5.73 Å². The van der Waals surface area contributed by atoms with Gasteiger partial charge in [0.05, 0.1) is 0 Å². The predicted octanol–water partition coefficient (Wildman–Crippen LogP) is 1.50. The van der Waals surface area contributed by atoms with Gasteiger partial charge < -0.3 is 5.73 Å². The van der Waals surface area contributed by atoms with Gasteiger partial charge in [0.25, 0.3) is 0 Å². The van der Waals surface area contributed by atoms with Crippen molar-refractivity contribution in [2.24, 2.45) is 17.6 Å². The standard InChI is InChI=1S/C11H16N2O/c1-8(2)10(7-12)11(14)9-3-5-13-6-4-9/h3-6,8,10H,7,12H2,1-2H3. The monoisotopic (exact) mass is 192 g/mol. The van der Waals surface area contributed by atoms with Crippen molar-refractivity contribution >= 4 is 5.78 Å². The molecule has 1 atom stereocenters. The van der Waals surface area contributed by atoms with Crippen molar-refractivity contribution in [2.45, 2.75) is 13.8 Å². The summed E-state index contributed by atoms with van der Waals surface area (Å²) >= 11 is 0. The second-order valence-electron chi connectivity index (χ2n) is 3.69. The molecular formula is C11H16N2O. The Bertz CT molecular complexity index is 295. The zero-order valence-electron chi connectivity index (χ0n) is 8.60. The molecule has 2 N–H and O–H groups in total. The van der Waals surface area contributed by atoms with Crippen LogP contribution in [0.4, 0.5) is 0 Å². The first-order valence-corrected chi connectivity index (χ1v) is 4.81. The van der Waals surface area contributed by atoms with E-state index in [-0.39, 0.29) is 17.6 Å². The summed E-state index contributed by atoms with van der Waals surface area (Å²) < 4.78 is 0. The van der Waals surface area contributed by atoms with Crippen LogP contribution in [0.5, 0.6) is 0 Å².